The lowest BCUT2D eigenvalue weighted by molar-refractivity contribution is 0.0697. The minimum absolute atomic E-state index is 0.0629. The molecule has 2 aromatic carbocycles. The third kappa shape index (κ3) is 2.81. The van der Waals surface area contributed by atoms with Gasteiger partial charge in [-0.2, -0.15) is 0 Å². The maximum atomic E-state index is 10.8. The predicted molar refractivity (Wildman–Crippen MR) is 69.7 cm³/mol. The molecule has 3 nitrogen and oxygen atoms in total. The number of rotatable bonds is 3. The lowest BCUT2D eigenvalue weighted by Crippen LogP contribution is -1.97. The second-order valence-corrected chi connectivity index (χ2v) is 4.27. The number of hydrogen-bond donors (Lipinski definition) is 1. The van der Waals surface area contributed by atoms with E-state index in [9.17, 15) is 4.79 Å². The van der Waals surface area contributed by atoms with E-state index in [-0.39, 0.29) is 10.6 Å². The fraction of sp³-hybridized carbons (Fsp3) is 0.0714. The Labute approximate surface area is 110 Å². The first-order chi connectivity index (χ1) is 8.56. The van der Waals surface area contributed by atoms with Gasteiger partial charge in [0, 0.05) is 6.07 Å². The zero-order chi connectivity index (χ0) is 13.1. The van der Waals surface area contributed by atoms with Gasteiger partial charge in [-0.1, -0.05) is 29.3 Å². The highest BCUT2D eigenvalue weighted by atomic mass is 35.5. The van der Waals surface area contributed by atoms with Crippen LogP contribution in [0.25, 0.3) is 0 Å². The van der Waals surface area contributed by atoms with Gasteiger partial charge in [-0.15, -0.1) is 0 Å². The number of ether oxygens (including phenoxy) is 1. The molecule has 0 aromatic heterocycles. The Bertz CT molecular complexity index is 576. The smallest absolute Gasteiger partial charge is 0.337 e. The van der Waals surface area contributed by atoms with Crippen LogP contribution in [-0.2, 0) is 0 Å². The third-order valence-corrected chi connectivity index (χ3v) is 2.74. The van der Waals surface area contributed by atoms with E-state index in [0.29, 0.717) is 11.5 Å². The molecule has 0 bridgehead atoms. The number of halogens is 1. The van der Waals surface area contributed by atoms with Crippen molar-refractivity contribution in [2.75, 3.05) is 0 Å². The fourth-order valence-corrected chi connectivity index (χ4v) is 1.73. The monoisotopic (exact) mass is 262 g/mol. The molecule has 0 heterocycles. The molecule has 0 spiro atoms. The lowest BCUT2D eigenvalue weighted by Gasteiger charge is -2.07. The molecule has 0 fully saturated rings. The molecule has 0 amide bonds. The Morgan fingerprint density at radius 2 is 1.72 bits per heavy atom. The van der Waals surface area contributed by atoms with Gasteiger partial charge in [0.05, 0.1) is 10.6 Å². The Balaban J connectivity index is 2.22. The van der Waals surface area contributed by atoms with Crippen molar-refractivity contribution in [3.05, 3.63) is 58.6 Å². The third-order valence-electron chi connectivity index (χ3n) is 2.43. The summed E-state index contributed by atoms with van der Waals surface area (Å²) in [6, 6.07) is 12.0. The van der Waals surface area contributed by atoms with E-state index in [1.807, 2.05) is 31.2 Å². The quantitative estimate of drug-likeness (QED) is 0.904. The SMILES string of the molecule is Cc1ccc(Oc2ccc(C(=O)O)c(Cl)c2)cc1. The summed E-state index contributed by atoms with van der Waals surface area (Å²) in [5.74, 6) is 0.135. The van der Waals surface area contributed by atoms with Gasteiger partial charge in [-0.05, 0) is 31.2 Å². The molecule has 1 N–H and O–H groups in total. The summed E-state index contributed by atoms with van der Waals surface area (Å²) in [6.45, 7) is 1.99. The Kier molecular flexibility index (Phi) is 3.53. The number of aryl methyl sites for hydroxylation is 1. The van der Waals surface area contributed by atoms with Crippen LogP contribution in [0.5, 0.6) is 11.5 Å². The zero-order valence-corrected chi connectivity index (χ0v) is 10.4. The molecule has 92 valence electrons. The van der Waals surface area contributed by atoms with Gasteiger partial charge in [0.2, 0.25) is 0 Å². The highest BCUT2D eigenvalue weighted by Crippen LogP contribution is 2.27. The Hall–Kier alpha value is -2.00. The van der Waals surface area contributed by atoms with Gasteiger partial charge in [0.1, 0.15) is 11.5 Å². The molecule has 0 aliphatic heterocycles. The van der Waals surface area contributed by atoms with Crippen LogP contribution in [0.4, 0.5) is 0 Å². The summed E-state index contributed by atoms with van der Waals surface area (Å²) in [7, 11) is 0. The van der Waals surface area contributed by atoms with Crippen molar-refractivity contribution in [3.8, 4) is 11.5 Å². The van der Waals surface area contributed by atoms with Gasteiger partial charge >= 0.3 is 5.97 Å². The van der Waals surface area contributed by atoms with Crippen molar-refractivity contribution in [1.29, 1.82) is 0 Å². The van der Waals surface area contributed by atoms with Crippen LogP contribution in [0, 0.1) is 6.92 Å². The molecule has 0 aliphatic rings. The normalized spacial score (nSPS) is 10.1. The Morgan fingerprint density at radius 3 is 2.28 bits per heavy atom. The predicted octanol–water partition coefficient (Wildman–Crippen LogP) is 4.14. The summed E-state index contributed by atoms with van der Waals surface area (Å²) in [5, 5.41) is 9.01. The summed E-state index contributed by atoms with van der Waals surface area (Å²) < 4.78 is 5.57. The van der Waals surface area contributed by atoms with E-state index in [4.69, 9.17) is 21.4 Å². The largest absolute Gasteiger partial charge is 0.478 e. The van der Waals surface area contributed by atoms with Crippen molar-refractivity contribution < 1.29 is 14.6 Å². The van der Waals surface area contributed by atoms with E-state index in [0.717, 1.165) is 5.56 Å². The van der Waals surface area contributed by atoms with Crippen molar-refractivity contribution in [3.63, 3.8) is 0 Å². The topological polar surface area (TPSA) is 46.5 Å². The molecule has 0 unspecified atom stereocenters. The van der Waals surface area contributed by atoms with E-state index >= 15 is 0 Å². The first-order valence-corrected chi connectivity index (χ1v) is 5.71. The van der Waals surface area contributed by atoms with Crippen LogP contribution in [0.1, 0.15) is 15.9 Å². The number of carbonyl (C=O) groups is 1. The van der Waals surface area contributed by atoms with Crippen LogP contribution in [0.3, 0.4) is 0 Å². The first-order valence-electron chi connectivity index (χ1n) is 5.33. The van der Waals surface area contributed by atoms with Crippen molar-refractivity contribution in [2.24, 2.45) is 0 Å². The number of hydrogen-bond acceptors (Lipinski definition) is 2. The van der Waals surface area contributed by atoms with Gasteiger partial charge < -0.3 is 9.84 Å². The summed E-state index contributed by atoms with van der Waals surface area (Å²) in [5.41, 5.74) is 1.20. The molecule has 4 heteroatoms. The van der Waals surface area contributed by atoms with E-state index in [2.05, 4.69) is 0 Å². The second-order valence-electron chi connectivity index (χ2n) is 3.86. The minimum atomic E-state index is -1.05. The van der Waals surface area contributed by atoms with Crippen molar-refractivity contribution in [2.45, 2.75) is 6.92 Å². The highest BCUT2D eigenvalue weighted by molar-refractivity contribution is 6.33. The number of carboxylic acids is 1. The first kappa shape index (κ1) is 12.5. The maximum Gasteiger partial charge on any atom is 0.337 e. The highest BCUT2D eigenvalue weighted by Gasteiger charge is 2.09. The standard InChI is InChI=1S/C14H11ClO3/c1-9-2-4-10(5-3-9)18-11-6-7-12(14(16)17)13(15)8-11/h2-8H,1H3,(H,16,17). The molecule has 0 saturated heterocycles. The van der Waals surface area contributed by atoms with Crippen LogP contribution >= 0.6 is 11.6 Å². The van der Waals surface area contributed by atoms with Gasteiger partial charge in [0.15, 0.2) is 0 Å². The molecule has 18 heavy (non-hydrogen) atoms. The van der Waals surface area contributed by atoms with Crippen molar-refractivity contribution >= 4 is 17.6 Å². The molecular weight excluding hydrogens is 252 g/mol. The van der Waals surface area contributed by atoms with Crippen LogP contribution < -0.4 is 4.74 Å². The Morgan fingerprint density at radius 1 is 1.11 bits per heavy atom. The minimum Gasteiger partial charge on any atom is -0.478 e. The van der Waals surface area contributed by atoms with Gasteiger partial charge in [0.25, 0.3) is 0 Å². The van der Waals surface area contributed by atoms with E-state index in [1.165, 1.54) is 12.1 Å². The van der Waals surface area contributed by atoms with Crippen LogP contribution in [-0.4, -0.2) is 11.1 Å². The maximum absolute atomic E-state index is 10.8. The van der Waals surface area contributed by atoms with Gasteiger partial charge in [-0.25, -0.2) is 4.79 Å². The molecule has 2 rings (SSSR count). The van der Waals surface area contributed by atoms with Gasteiger partial charge in [-0.3, -0.25) is 0 Å². The average Bonchev–Trinajstić information content (AvgIpc) is 2.32. The molecule has 2 aromatic rings. The second kappa shape index (κ2) is 5.10. The van der Waals surface area contributed by atoms with E-state index in [1.54, 1.807) is 6.07 Å². The zero-order valence-electron chi connectivity index (χ0n) is 9.68. The lowest BCUT2D eigenvalue weighted by atomic mass is 10.2. The number of benzene rings is 2. The molecule has 0 saturated carbocycles. The molecule has 0 radical (unpaired) electrons. The molecule has 0 atom stereocenters. The molecular formula is C14H11ClO3. The van der Waals surface area contributed by atoms with E-state index < -0.39 is 5.97 Å². The summed E-state index contributed by atoms with van der Waals surface area (Å²) in [4.78, 5) is 10.8. The number of aromatic carboxylic acids is 1. The average molecular weight is 263 g/mol. The van der Waals surface area contributed by atoms with Crippen LogP contribution in [0.15, 0.2) is 42.5 Å². The number of carboxylic acid groups (broad SMARTS) is 1. The summed E-state index contributed by atoms with van der Waals surface area (Å²) >= 11 is 5.86. The summed E-state index contributed by atoms with van der Waals surface area (Å²) in [6.07, 6.45) is 0. The fourth-order valence-electron chi connectivity index (χ4n) is 1.48. The molecule has 0 aliphatic carbocycles. The van der Waals surface area contributed by atoms with Crippen molar-refractivity contribution in [1.82, 2.24) is 0 Å². The van der Waals surface area contributed by atoms with Crippen LogP contribution in [0.2, 0.25) is 5.02 Å².